The second kappa shape index (κ2) is 10.3. The summed E-state index contributed by atoms with van der Waals surface area (Å²) in [5.74, 6) is 0.781. The Bertz CT molecular complexity index is 682. The minimum Gasteiger partial charge on any atom is -0.387 e. The second-order valence-corrected chi connectivity index (χ2v) is 6.79. The Morgan fingerprint density at radius 1 is 1.12 bits per heavy atom. The first-order chi connectivity index (χ1) is 12.2. The summed E-state index contributed by atoms with van der Waals surface area (Å²) in [6, 6.07) is 16.5. The molecule has 0 fully saturated rings. The van der Waals surface area contributed by atoms with E-state index in [0.29, 0.717) is 0 Å². The summed E-state index contributed by atoms with van der Waals surface area (Å²) in [5, 5.41) is 9.52. The first-order valence-corrected chi connectivity index (χ1v) is 9.95. The molecule has 0 radical (unpaired) electrons. The van der Waals surface area contributed by atoms with Crippen LogP contribution < -0.4 is 15.5 Å². The average Bonchev–Trinajstić information content (AvgIpc) is 2.64. The highest BCUT2D eigenvalue weighted by atomic mass is 35.5. The van der Waals surface area contributed by atoms with Crippen molar-refractivity contribution in [3.63, 3.8) is 0 Å². The molecule has 5 heteroatoms. The molecule has 2 N–H and O–H groups in total. The van der Waals surface area contributed by atoms with Crippen molar-refractivity contribution in [2.45, 2.75) is 13.8 Å². The SMILES string of the molecule is CCN(CC)c1ccc(/C(=C/SCNc2cccc(Cl)c2)NC)cc1. The maximum absolute atomic E-state index is 5.99. The normalized spacial score (nSPS) is 11.3. The van der Waals surface area contributed by atoms with Gasteiger partial charge < -0.3 is 15.5 Å². The van der Waals surface area contributed by atoms with Crippen LogP contribution in [0.1, 0.15) is 19.4 Å². The zero-order valence-corrected chi connectivity index (χ0v) is 16.6. The molecule has 0 atom stereocenters. The maximum Gasteiger partial charge on any atom is 0.0652 e. The Hall–Kier alpha value is -1.78. The number of thioether (sulfide) groups is 1. The van der Waals surface area contributed by atoms with E-state index in [1.807, 2.05) is 31.3 Å². The number of nitrogens with zero attached hydrogens (tertiary/aromatic N) is 1. The Kier molecular flexibility index (Phi) is 8.02. The number of hydrogen-bond acceptors (Lipinski definition) is 4. The summed E-state index contributed by atoms with van der Waals surface area (Å²) in [6.07, 6.45) is 0. The second-order valence-electron chi connectivity index (χ2n) is 5.50. The van der Waals surface area contributed by atoms with Crippen LogP contribution >= 0.6 is 23.4 Å². The van der Waals surface area contributed by atoms with Crippen LogP contribution in [0.5, 0.6) is 0 Å². The minimum absolute atomic E-state index is 0.745. The fraction of sp³-hybridized carbons (Fsp3) is 0.300. The Labute approximate surface area is 160 Å². The van der Waals surface area contributed by atoms with E-state index in [4.69, 9.17) is 11.6 Å². The highest BCUT2D eigenvalue weighted by Crippen LogP contribution is 2.21. The maximum atomic E-state index is 5.99. The van der Waals surface area contributed by atoms with Crippen molar-refractivity contribution in [1.82, 2.24) is 5.32 Å². The van der Waals surface area contributed by atoms with E-state index < -0.39 is 0 Å². The molecule has 0 heterocycles. The van der Waals surface area contributed by atoms with Crippen LogP contribution in [-0.4, -0.2) is 26.0 Å². The molecule has 0 bridgehead atoms. The molecule has 2 aromatic carbocycles. The standard InChI is InChI=1S/C20H26ClN3S/c1-4-24(5-2)19-11-9-16(10-12-19)20(22-3)14-25-15-23-18-8-6-7-17(21)13-18/h6-14,22-23H,4-5,15H2,1-3H3/b20-14-. The zero-order valence-electron chi connectivity index (χ0n) is 15.1. The highest BCUT2D eigenvalue weighted by molar-refractivity contribution is 8.02. The lowest BCUT2D eigenvalue weighted by molar-refractivity contribution is 0.866. The van der Waals surface area contributed by atoms with Crippen LogP contribution in [-0.2, 0) is 0 Å². The topological polar surface area (TPSA) is 27.3 Å². The predicted molar refractivity (Wildman–Crippen MR) is 115 cm³/mol. The molecule has 0 aromatic heterocycles. The van der Waals surface area contributed by atoms with E-state index in [0.717, 1.165) is 35.4 Å². The fourth-order valence-electron chi connectivity index (χ4n) is 2.56. The van der Waals surface area contributed by atoms with Gasteiger partial charge in [-0.3, -0.25) is 0 Å². The van der Waals surface area contributed by atoms with Crippen LogP contribution in [0.2, 0.25) is 5.02 Å². The monoisotopic (exact) mass is 375 g/mol. The van der Waals surface area contributed by atoms with Gasteiger partial charge in [-0.2, -0.15) is 0 Å². The van der Waals surface area contributed by atoms with Gasteiger partial charge in [-0.15, -0.1) is 11.8 Å². The number of rotatable bonds is 9. The molecule has 2 aromatic rings. The number of benzene rings is 2. The zero-order chi connectivity index (χ0) is 18.1. The summed E-state index contributed by atoms with van der Waals surface area (Å²) in [4.78, 5) is 2.34. The van der Waals surface area contributed by atoms with Gasteiger partial charge in [0.05, 0.1) is 5.88 Å². The third-order valence-electron chi connectivity index (χ3n) is 3.96. The van der Waals surface area contributed by atoms with E-state index in [2.05, 4.69) is 59.1 Å². The Balaban J connectivity index is 1.95. The number of nitrogens with one attached hydrogen (secondary N) is 2. The van der Waals surface area contributed by atoms with E-state index in [9.17, 15) is 0 Å². The van der Waals surface area contributed by atoms with Gasteiger partial charge in [0.15, 0.2) is 0 Å². The van der Waals surface area contributed by atoms with Crippen LogP contribution in [0.4, 0.5) is 11.4 Å². The summed E-state index contributed by atoms with van der Waals surface area (Å²) >= 11 is 7.71. The molecule has 0 aliphatic rings. The molecule has 0 unspecified atom stereocenters. The van der Waals surface area contributed by atoms with Crippen LogP contribution in [0.25, 0.3) is 5.70 Å². The van der Waals surface area contributed by atoms with Crippen molar-refractivity contribution in [3.8, 4) is 0 Å². The first kappa shape index (κ1) is 19.5. The molecule has 0 saturated carbocycles. The van der Waals surface area contributed by atoms with Crippen LogP contribution in [0.3, 0.4) is 0 Å². The molecule has 3 nitrogen and oxygen atoms in total. The molecule has 0 aliphatic heterocycles. The van der Waals surface area contributed by atoms with Crippen molar-refractivity contribution >= 4 is 40.4 Å². The summed E-state index contributed by atoms with van der Waals surface area (Å²) < 4.78 is 0. The molecule has 0 amide bonds. The lowest BCUT2D eigenvalue weighted by atomic mass is 10.1. The third-order valence-corrected chi connectivity index (χ3v) is 4.91. The highest BCUT2D eigenvalue weighted by Gasteiger charge is 2.04. The van der Waals surface area contributed by atoms with E-state index >= 15 is 0 Å². The number of hydrogen-bond donors (Lipinski definition) is 2. The Morgan fingerprint density at radius 2 is 1.84 bits per heavy atom. The van der Waals surface area contributed by atoms with Gasteiger partial charge in [-0.25, -0.2) is 0 Å². The summed E-state index contributed by atoms with van der Waals surface area (Å²) in [6.45, 7) is 6.41. The summed E-state index contributed by atoms with van der Waals surface area (Å²) in [5.41, 5.74) is 4.60. The average molecular weight is 376 g/mol. The van der Waals surface area contributed by atoms with E-state index in [-0.39, 0.29) is 0 Å². The van der Waals surface area contributed by atoms with Crippen LogP contribution in [0, 0.1) is 0 Å². The first-order valence-electron chi connectivity index (χ1n) is 8.52. The van der Waals surface area contributed by atoms with E-state index in [1.165, 1.54) is 11.3 Å². The van der Waals surface area contributed by atoms with Gasteiger partial charge in [0, 0.05) is 42.2 Å². The van der Waals surface area contributed by atoms with E-state index in [1.54, 1.807) is 11.8 Å². The van der Waals surface area contributed by atoms with Gasteiger partial charge in [0.25, 0.3) is 0 Å². The third kappa shape index (κ3) is 5.91. The number of halogens is 1. The molecule has 0 spiro atoms. The van der Waals surface area contributed by atoms with Crippen molar-refractivity contribution in [3.05, 3.63) is 64.5 Å². The van der Waals surface area contributed by atoms with Crippen molar-refractivity contribution < 1.29 is 0 Å². The molecule has 0 saturated heterocycles. The predicted octanol–water partition coefficient (Wildman–Crippen LogP) is 5.51. The van der Waals surface area contributed by atoms with Crippen molar-refractivity contribution in [2.75, 3.05) is 36.2 Å². The molecule has 0 aliphatic carbocycles. The van der Waals surface area contributed by atoms with Gasteiger partial charge >= 0.3 is 0 Å². The van der Waals surface area contributed by atoms with Gasteiger partial charge in [0.1, 0.15) is 0 Å². The lowest BCUT2D eigenvalue weighted by Crippen LogP contribution is -2.21. The summed E-state index contributed by atoms with van der Waals surface area (Å²) in [7, 11) is 1.95. The quantitative estimate of drug-likeness (QED) is 0.446. The smallest absolute Gasteiger partial charge is 0.0652 e. The fourth-order valence-corrected chi connectivity index (χ4v) is 3.50. The molecular formula is C20H26ClN3S. The van der Waals surface area contributed by atoms with Crippen LogP contribution in [0.15, 0.2) is 53.9 Å². The number of anilines is 2. The largest absolute Gasteiger partial charge is 0.387 e. The van der Waals surface area contributed by atoms with Crippen molar-refractivity contribution in [2.24, 2.45) is 0 Å². The minimum atomic E-state index is 0.745. The van der Waals surface area contributed by atoms with Gasteiger partial charge in [0.2, 0.25) is 0 Å². The van der Waals surface area contributed by atoms with Gasteiger partial charge in [-0.05, 0) is 55.2 Å². The van der Waals surface area contributed by atoms with Crippen molar-refractivity contribution in [1.29, 1.82) is 0 Å². The lowest BCUT2D eigenvalue weighted by Gasteiger charge is -2.21. The molecule has 25 heavy (non-hydrogen) atoms. The molecule has 134 valence electrons. The van der Waals surface area contributed by atoms with Gasteiger partial charge in [-0.1, -0.05) is 29.8 Å². The molecule has 2 rings (SSSR count). The molecular weight excluding hydrogens is 350 g/mol. The Morgan fingerprint density at radius 3 is 2.44 bits per heavy atom.